The molecule has 28 heavy (non-hydrogen) atoms. The summed E-state index contributed by atoms with van der Waals surface area (Å²) in [6.07, 6.45) is 3.54. The Balaban J connectivity index is 2.18. The van der Waals surface area contributed by atoms with Crippen molar-refractivity contribution in [2.24, 2.45) is 0 Å². The standard InChI is InChI=1S/C22H32N2O4/c1-4-22(5-2,18-10-7-6-8-11-18)21(28)23-14-9-12-19(13-15-23)24(17(3)25)16-20(26)27/h6-8,10-11,19H,4-5,9,12-16H2,1-3H3,(H,26,27). The van der Waals surface area contributed by atoms with Gasteiger partial charge in [0.2, 0.25) is 11.8 Å². The molecule has 1 aliphatic heterocycles. The summed E-state index contributed by atoms with van der Waals surface area (Å²) in [6.45, 7) is 6.42. The Morgan fingerprint density at radius 3 is 2.29 bits per heavy atom. The third-order valence-corrected chi connectivity index (χ3v) is 6.08. The van der Waals surface area contributed by atoms with E-state index >= 15 is 0 Å². The number of carboxylic acids is 1. The first kappa shape index (κ1) is 21.9. The van der Waals surface area contributed by atoms with Crippen LogP contribution >= 0.6 is 0 Å². The van der Waals surface area contributed by atoms with Crippen molar-refractivity contribution in [3.63, 3.8) is 0 Å². The Kier molecular flexibility index (Phi) is 7.61. The van der Waals surface area contributed by atoms with Gasteiger partial charge in [-0.15, -0.1) is 0 Å². The van der Waals surface area contributed by atoms with Gasteiger partial charge in [0.1, 0.15) is 6.54 Å². The summed E-state index contributed by atoms with van der Waals surface area (Å²) in [6, 6.07) is 9.81. The molecule has 6 heteroatoms. The van der Waals surface area contributed by atoms with Gasteiger partial charge in [-0.2, -0.15) is 0 Å². The van der Waals surface area contributed by atoms with Gasteiger partial charge in [0.15, 0.2) is 0 Å². The van der Waals surface area contributed by atoms with Gasteiger partial charge >= 0.3 is 5.97 Å². The average Bonchev–Trinajstić information content (AvgIpc) is 2.94. The molecule has 0 spiro atoms. The van der Waals surface area contributed by atoms with Crippen LogP contribution in [0.15, 0.2) is 30.3 Å². The molecular weight excluding hydrogens is 356 g/mol. The van der Waals surface area contributed by atoms with Gasteiger partial charge in [-0.05, 0) is 37.7 Å². The van der Waals surface area contributed by atoms with Crippen LogP contribution in [0.5, 0.6) is 0 Å². The first-order valence-corrected chi connectivity index (χ1v) is 10.2. The molecule has 2 rings (SSSR count). The fourth-order valence-electron chi connectivity index (χ4n) is 4.38. The number of carbonyl (C=O) groups excluding carboxylic acids is 2. The van der Waals surface area contributed by atoms with Crippen LogP contribution in [-0.4, -0.2) is 58.4 Å². The number of carboxylic acid groups (broad SMARTS) is 1. The summed E-state index contributed by atoms with van der Waals surface area (Å²) in [4.78, 5) is 40.0. The number of aliphatic carboxylic acids is 1. The number of amides is 2. The summed E-state index contributed by atoms with van der Waals surface area (Å²) in [7, 11) is 0. The maximum Gasteiger partial charge on any atom is 0.323 e. The van der Waals surface area contributed by atoms with E-state index in [-0.39, 0.29) is 24.4 Å². The lowest BCUT2D eigenvalue weighted by Crippen LogP contribution is -2.47. The second-order valence-electron chi connectivity index (χ2n) is 7.57. The zero-order chi connectivity index (χ0) is 20.7. The van der Waals surface area contributed by atoms with Crippen LogP contribution in [-0.2, 0) is 19.8 Å². The Labute approximate surface area is 167 Å². The summed E-state index contributed by atoms with van der Waals surface area (Å²) >= 11 is 0. The fraction of sp³-hybridized carbons (Fsp3) is 0.591. The number of hydrogen-bond acceptors (Lipinski definition) is 3. The number of likely N-dealkylation sites (tertiary alicyclic amines) is 1. The molecule has 1 atom stereocenters. The smallest absolute Gasteiger partial charge is 0.323 e. The minimum Gasteiger partial charge on any atom is -0.480 e. The zero-order valence-electron chi connectivity index (χ0n) is 17.2. The molecule has 1 aliphatic rings. The van der Waals surface area contributed by atoms with Gasteiger partial charge in [0.25, 0.3) is 0 Å². The molecule has 0 radical (unpaired) electrons. The lowest BCUT2D eigenvalue weighted by Gasteiger charge is -2.36. The van der Waals surface area contributed by atoms with E-state index in [0.29, 0.717) is 25.9 Å². The van der Waals surface area contributed by atoms with E-state index in [0.717, 1.165) is 24.8 Å². The summed E-state index contributed by atoms with van der Waals surface area (Å²) in [5.41, 5.74) is 0.504. The average molecular weight is 389 g/mol. The van der Waals surface area contributed by atoms with E-state index in [9.17, 15) is 14.4 Å². The van der Waals surface area contributed by atoms with Crippen LogP contribution in [0.25, 0.3) is 0 Å². The monoisotopic (exact) mass is 388 g/mol. The van der Waals surface area contributed by atoms with E-state index < -0.39 is 11.4 Å². The molecular formula is C22H32N2O4. The van der Waals surface area contributed by atoms with Crippen LogP contribution < -0.4 is 0 Å². The van der Waals surface area contributed by atoms with E-state index in [1.807, 2.05) is 35.2 Å². The third kappa shape index (κ3) is 4.72. The van der Waals surface area contributed by atoms with E-state index in [4.69, 9.17) is 5.11 Å². The van der Waals surface area contributed by atoms with Crippen molar-refractivity contribution in [3.05, 3.63) is 35.9 Å². The highest BCUT2D eigenvalue weighted by molar-refractivity contribution is 5.88. The second-order valence-corrected chi connectivity index (χ2v) is 7.57. The number of hydrogen-bond donors (Lipinski definition) is 1. The maximum atomic E-state index is 13.6. The van der Waals surface area contributed by atoms with Crippen molar-refractivity contribution in [3.8, 4) is 0 Å². The molecule has 1 unspecified atom stereocenters. The van der Waals surface area contributed by atoms with Gasteiger partial charge < -0.3 is 14.9 Å². The lowest BCUT2D eigenvalue weighted by molar-refractivity contribution is -0.145. The molecule has 0 aromatic heterocycles. The number of nitrogens with zero attached hydrogens (tertiary/aromatic N) is 2. The molecule has 1 fully saturated rings. The van der Waals surface area contributed by atoms with Gasteiger partial charge in [-0.1, -0.05) is 44.2 Å². The highest BCUT2D eigenvalue weighted by Gasteiger charge is 2.40. The predicted octanol–water partition coefficient (Wildman–Crippen LogP) is 3.06. The second kappa shape index (κ2) is 9.71. The number of benzene rings is 1. The lowest BCUT2D eigenvalue weighted by atomic mass is 9.74. The largest absolute Gasteiger partial charge is 0.480 e. The number of carbonyl (C=O) groups is 3. The van der Waals surface area contributed by atoms with Gasteiger partial charge in [-0.3, -0.25) is 14.4 Å². The molecule has 1 aromatic rings. The molecule has 0 aliphatic carbocycles. The zero-order valence-corrected chi connectivity index (χ0v) is 17.2. The Hall–Kier alpha value is -2.37. The van der Waals surface area contributed by atoms with Gasteiger partial charge in [0, 0.05) is 26.1 Å². The highest BCUT2D eigenvalue weighted by Crippen LogP contribution is 2.34. The molecule has 1 saturated heterocycles. The molecule has 6 nitrogen and oxygen atoms in total. The van der Waals surface area contributed by atoms with Crippen LogP contribution in [0.1, 0.15) is 58.4 Å². The van der Waals surface area contributed by atoms with Crippen molar-refractivity contribution >= 4 is 17.8 Å². The Morgan fingerprint density at radius 2 is 1.75 bits per heavy atom. The van der Waals surface area contributed by atoms with Crippen molar-refractivity contribution in [2.75, 3.05) is 19.6 Å². The third-order valence-electron chi connectivity index (χ3n) is 6.08. The molecule has 1 aromatic carbocycles. The minimum atomic E-state index is -1.01. The highest BCUT2D eigenvalue weighted by atomic mass is 16.4. The Bertz CT molecular complexity index is 685. The van der Waals surface area contributed by atoms with Crippen LogP contribution in [0, 0.1) is 0 Å². The SMILES string of the molecule is CCC(CC)(C(=O)N1CCCC(N(CC(=O)O)C(C)=O)CC1)c1ccccc1. The summed E-state index contributed by atoms with van der Waals surface area (Å²) in [5.74, 6) is -1.10. The van der Waals surface area contributed by atoms with Crippen molar-refractivity contribution in [1.82, 2.24) is 9.80 Å². The Morgan fingerprint density at radius 1 is 1.11 bits per heavy atom. The molecule has 0 saturated carbocycles. The van der Waals surface area contributed by atoms with Crippen molar-refractivity contribution in [1.29, 1.82) is 0 Å². The molecule has 1 heterocycles. The van der Waals surface area contributed by atoms with Gasteiger partial charge in [0.05, 0.1) is 5.41 Å². The summed E-state index contributed by atoms with van der Waals surface area (Å²) in [5, 5.41) is 9.11. The molecule has 0 bridgehead atoms. The van der Waals surface area contributed by atoms with Crippen LogP contribution in [0.4, 0.5) is 0 Å². The maximum absolute atomic E-state index is 13.6. The van der Waals surface area contributed by atoms with Crippen LogP contribution in [0.2, 0.25) is 0 Å². The normalized spacial score (nSPS) is 17.7. The quantitative estimate of drug-likeness (QED) is 0.779. The fourth-order valence-corrected chi connectivity index (χ4v) is 4.38. The van der Waals surface area contributed by atoms with Crippen molar-refractivity contribution < 1.29 is 19.5 Å². The molecule has 2 amide bonds. The first-order chi connectivity index (χ1) is 13.4. The first-order valence-electron chi connectivity index (χ1n) is 10.2. The number of rotatable bonds is 7. The van der Waals surface area contributed by atoms with Crippen molar-refractivity contribution in [2.45, 2.75) is 64.3 Å². The topological polar surface area (TPSA) is 77.9 Å². The minimum absolute atomic E-state index is 0.136. The van der Waals surface area contributed by atoms with E-state index in [1.165, 1.54) is 11.8 Å². The summed E-state index contributed by atoms with van der Waals surface area (Å²) < 4.78 is 0. The molecule has 1 N–H and O–H groups in total. The van der Waals surface area contributed by atoms with E-state index in [2.05, 4.69) is 13.8 Å². The predicted molar refractivity (Wildman–Crippen MR) is 108 cm³/mol. The molecule has 154 valence electrons. The van der Waals surface area contributed by atoms with Gasteiger partial charge in [-0.25, -0.2) is 0 Å². The van der Waals surface area contributed by atoms with E-state index in [1.54, 1.807) is 0 Å². The van der Waals surface area contributed by atoms with Crippen LogP contribution in [0.3, 0.4) is 0 Å².